The highest BCUT2D eigenvalue weighted by Gasteiger charge is 2.34. The monoisotopic (exact) mass is 241 g/mol. The zero-order chi connectivity index (χ0) is 12.3. The predicted octanol–water partition coefficient (Wildman–Crippen LogP) is 2.04. The Kier molecular flexibility index (Phi) is 4.83. The van der Waals surface area contributed by atoms with E-state index in [1.807, 2.05) is 7.11 Å². The molecule has 1 heterocycles. The van der Waals surface area contributed by atoms with Crippen LogP contribution in [-0.4, -0.2) is 48.5 Å². The Balaban J connectivity index is 1.87. The van der Waals surface area contributed by atoms with Gasteiger partial charge in [-0.15, -0.1) is 0 Å². The van der Waals surface area contributed by atoms with Crippen LogP contribution in [0.15, 0.2) is 0 Å². The predicted molar refractivity (Wildman–Crippen MR) is 69.0 cm³/mol. The number of hydrogen-bond acceptors (Lipinski definition) is 3. The van der Waals surface area contributed by atoms with Gasteiger partial charge in [-0.1, -0.05) is 13.3 Å². The molecule has 3 unspecified atom stereocenters. The molecule has 0 amide bonds. The number of rotatable bonds is 3. The molecule has 3 heteroatoms. The van der Waals surface area contributed by atoms with Crippen LogP contribution in [0.25, 0.3) is 0 Å². The molecule has 0 aromatic heterocycles. The second-order valence-corrected chi connectivity index (χ2v) is 5.69. The Hall–Kier alpha value is -0.120. The molecule has 17 heavy (non-hydrogen) atoms. The van der Waals surface area contributed by atoms with Gasteiger partial charge in [-0.25, -0.2) is 0 Å². The maximum absolute atomic E-state index is 10.2. The summed E-state index contributed by atoms with van der Waals surface area (Å²) in [6, 6.07) is 0.409. The van der Waals surface area contributed by atoms with Crippen molar-refractivity contribution in [1.82, 2.24) is 4.90 Å². The van der Waals surface area contributed by atoms with E-state index in [4.69, 9.17) is 4.74 Å². The van der Waals surface area contributed by atoms with Gasteiger partial charge in [-0.2, -0.15) is 0 Å². The van der Waals surface area contributed by atoms with Gasteiger partial charge in [0.1, 0.15) is 0 Å². The third kappa shape index (κ3) is 3.21. The van der Waals surface area contributed by atoms with Gasteiger partial charge >= 0.3 is 0 Å². The molecule has 3 atom stereocenters. The van der Waals surface area contributed by atoms with Crippen molar-refractivity contribution in [2.45, 2.75) is 63.7 Å². The van der Waals surface area contributed by atoms with Crippen LogP contribution in [-0.2, 0) is 4.74 Å². The van der Waals surface area contributed by atoms with Crippen LogP contribution in [0.3, 0.4) is 0 Å². The summed E-state index contributed by atoms with van der Waals surface area (Å²) in [7, 11) is 1.81. The molecule has 2 rings (SSSR count). The molecule has 100 valence electrons. The molecule has 0 bridgehead atoms. The lowest BCUT2D eigenvalue weighted by atomic mass is 9.81. The molecular formula is C14H27NO2. The van der Waals surface area contributed by atoms with Gasteiger partial charge in [0.15, 0.2) is 0 Å². The first-order valence-corrected chi connectivity index (χ1v) is 7.19. The van der Waals surface area contributed by atoms with Crippen molar-refractivity contribution in [2.75, 3.05) is 20.2 Å². The molecule has 0 aromatic carbocycles. The molecule has 1 aliphatic carbocycles. The molecule has 2 fully saturated rings. The van der Waals surface area contributed by atoms with Crippen LogP contribution >= 0.6 is 0 Å². The summed E-state index contributed by atoms with van der Waals surface area (Å²) in [4.78, 5) is 2.50. The summed E-state index contributed by atoms with van der Waals surface area (Å²) >= 11 is 0. The smallest absolute Gasteiger partial charge is 0.0695 e. The van der Waals surface area contributed by atoms with Gasteiger partial charge in [0.05, 0.1) is 12.2 Å². The maximum atomic E-state index is 10.2. The number of ether oxygens (including phenoxy) is 1. The Morgan fingerprint density at radius 3 is 2.47 bits per heavy atom. The summed E-state index contributed by atoms with van der Waals surface area (Å²) in [5, 5.41) is 10.2. The molecule has 3 nitrogen and oxygen atoms in total. The fourth-order valence-electron chi connectivity index (χ4n) is 3.42. The fourth-order valence-corrected chi connectivity index (χ4v) is 3.42. The van der Waals surface area contributed by atoms with Crippen LogP contribution in [0.4, 0.5) is 0 Å². The van der Waals surface area contributed by atoms with E-state index in [-0.39, 0.29) is 6.10 Å². The lowest BCUT2D eigenvalue weighted by molar-refractivity contribution is -0.0320. The average molecular weight is 241 g/mol. The zero-order valence-electron chi connectivity index (χ0n) is 11.3. The van der Waals surface area contributed by atoms with Gasteiger partial charge in [0.2, 0.25) is 0 Å². The second-order valence-electron chi connectivity index (χ2n) is 5.69. The number of hydrogen-bond donors (Lipinski definition) is 1. The van der Waals surface area contributed by atoms with E-state index in [9.17, 15) is 5.11 Å². The summed E-state index contributed by atoms with van der Waals surface area (Å²) in [6.45, 7) is 4.46. The van der Waals surface area contributed by atoms with Gasteiger partial charge in [0, 0.05) is 26.2 Å². The van der Waals surface area contributed by atoms with Crippen molar-refractivity contribution >= 4 is 0 Å². The molecule has 1 saturated heterocycles. The third-order valence-electron chi connectivity index (χ3n) is 4.75. The quantitative estimate of drug-likeness (QED) is 0.820. The van der Waals surface area contributed by atoms with Gasteiger partial charge in [-0.05, 0) is 38.0 Å². The van der Waals surface area contributed by atoms with Crippen molar-refractivity contribution in [3.63, 3.8) is 0 Å². The molecule has 1 N–H and O–H groups in total. The van der Waals surface area contributed by atoms with Crippen molar-refractivity contribution in [3.05, 3.63) is 0 Å². The lowest BCUT2D eigenvalue weighted by Crippen LogP contribution is -2.51. The minimum atomic E-state index is -0.100. The van der Waals surface area contributed by atoms with Crippen LogP contribution < -0.4 is 0 Å². The topological polar surface area (TPSA) is 32.7 Å². The van der Waals surface area contributed by atoms with E-state index in [2.05, 4.69) is 11.8 Å². The lowest BCUT2D eigenvalue weighted by Gasteiger charge is -2.43. The normalized spacial score (nSPS) is 37.2. The van der Waals surface area contributed by atoms with Crippen molar-refractivity contribution < 1.29 is 9.84 Å². The zero-order valence-corrected chi connectivity index (χ0v) is 11.3. The van der Waals surface area contributed by atoms with Gasteiger partial charge in [0.25, 0.3) is 0 Å². The first-order valence-electron chi connectivity index (χ1n) is 7.19. The standard InChI is InChI=1S/C14H27NO2/c1-3-11-4-5-14(16)13(10-11)15-8-6-12(17-2)7-9-15/h11-14,16H,3-10H2,1-2H3. The maximum Gasteiger partial charge on any atom is 0.0695 e. The van der Waals surface area contributed by atoms with E-state index in [1.165, 1.54) is 19.3 Å². The van der Waals surface area contributed by atoms with E-state index in [0.29, 0.717) is 12.1 Å². The summed E-state index contributed by atoms with van der Waals surface area (Å²) in [6.07, 6.45) is 7.24. The Morgan fingerprint density at radius 2 is 1.88 bits per heavy atom. The first kappa shape index (κ1) is 13.3. The Bertz CT molecular complexity index is 226. The van der Waals surface area contributed by atoms with Crippen molar-refractivity contribution in [2.24, 2.45) is 5.92 Å². The molecule has 0 radical (unpaired) electrons. The van der Waals surface area contributed by atoms with Crippen molar-refractivity contribution in [1.29, 1.82) is 0 Å². The summed E-state index contributed by atoms with van der Waals surface area (Å²) in [5.74, 6) is 0.823. The van der Waals surface area contributed by atoms with E-state index in [0.717, 1.165) is 38.3 Å². The van der Waals surface area contributed by atoms with Gasteiger partial charge in [-0.3, -0.25) is 4.90 Å². The van der Waals surface area contributed by atoms with Crippen LogP contribution in [0, 0.1) is 5.92 Å². The molecular weight excluding hydrogens is 214 g/mol. The number of nitrogens with zero attached hydrogens (tertiary/aromatic N) is 1. The highest BCUT2D eigenvalue weighted by molar-refractivity contribution is 4.88. The number of aliphatic hydroxyl groups excluding tert-OH is 1. The Morgan fingerprint density at radius 1 is 1.18 bits per heavy atom. The minimum Gasteiger partial charge on any atom is -0.391 e. The van der Waals surface area contributed by atoms with Crippen LogP contribution in [0.1, 0.15) is 45.4 Å². The van der Waals surface area contributed by atoms with Crippen LogP contribution in [0.5, 0.6) is 0 Å². The summed E-state index contributed by atoms with van der Waals surface area (Å²) in [5.41, 5.74) is 0. The first-order chi connectivity index (χ1) is 8.24. The fraction of sp³-hybridized carbons (Fsp3) is 1.00. The largest absolute Gasteiger partial charge is 0.391 e. The molecule has 0 spiro atoms. The molecule has 0 aromatic rings. The average Bonchev–Trinajstić information content (AvgIpc) is 2.39. The number of likely N-dealkylation sites (tertiary alicyclic amines) is 1. The van der Waals surface area contributed by atoms with Crippen molar-refractivity contribution in [3.8, 4) is 0 Å². The van der Waals surface area contributed by atoms with Gasteiger partial charge < -0.3 is 9.84 Å². The Labute approximate surface area is 105 Å². The van der Waals surface area contributed by atoms with E-state index >= 15 is 0 Å². The van der Waals surface area contributed by atoms with Crippen LogP contribution in [0.2, 0.25) is 0 Å². The minimum absolute atomic E-state index is 0.100. The highest BCUT2D eigenvalue weighted by Crippen LogP contribution is 2.31. The molecule has 2 aliphatic rings. The third-order valence-corrected chi connectivity index (χ3v) is 4.75. The highest BCUT2D eigenvalue weighted by atomic mass is 16.5. The number of aliphatic hydroxyl groups is 1. The van der Waals surface area contributed by atoms with E-state index < -0.39 is 0 Å². The number of methoxy groups -OCH3 is 1. The summed E-state index contributed by atoms with van der Waals surface area (Å²) < 4.78 is 5.41. The van der Waals surface area contributed by atoms with E-state index in [1.54, 1.807) is 0 Å². The molecule has 1 aliphatic heterocycles. The second kappa shape index (κ2) is 6.17. The SMILES string of the molecule is CCC1CCC(O)C(N2CCC(OC)CC2)C1. The molecule has 1 saturated carbocycles. The number of piperidine rings is 1.